The van der Waals surface area contributed by atoms with Gasteiger partial charge in [-0.3, -0.25) is 5.41 Å². The molecule has 1 aromatic rings. The second kappa shape index (κ2) is 5.99. The maximum Gasteiger partial charge on any atom is 0.185 e. The molecule has 0 aliphatic carbocycles. The van der Waals surface area contributed by atoms with Crippen molar-refractivity contribution in [3.05, 3.63) is 35.9 Å². The number of hydrogen-bond donors (Lipinski definition) is 4. The van der Waals surface area contributed by atoms with E-state index in [2.05, 4.69) is 22.8 Å². The number of hydrogen-bond acceptors (Lipinski definition) is 2. The largest absolute Gasteiger partial charge is 0.370 e. The lowest BCUT2D eigenvalue weighted by atomic mass is 10.2. The van der Waals surface area contributed by atoms with Crippen LogP contribution in [0.2, 0.25) is 0 Å². The highest BCUT2D eigenvalue weighted by molar-refractivity contribution is 5.74. The number of nitrogens with one attached hydrogen (secondary N) is 3. The van der Waals surface area contributed by atoms with Crippen LogP contribution in [0.5, 0.6) is 0 Å². The van der Waals surface area contributed by atoms with Crippen LogP contribution in [-0.4, -0.2) is 19.0 Å². The summed E-state index contributed by atoms with van der Waals surface area (Å²) in [6, 6.07) is 10.2. The molecule has 4 heteroatoms. The van der Waals surface area contributed by atoms with Crippen molar-refractivity contribution in [3.63, 3.8) is 0 Å². The average Bonchev–Trinajstić information content (AvgIpc) is 2.18. The maximum absolute atomic E-state index is 6.93. The Morgan fingerprint density at radius 3 is 2.57 bits per heavy atom. The number of benzene rings is 1. The number of guanidine groups is 1. The molecule has 0 radical (unpaired) electrons. The average molecular weight is 192 g/mol. The lowest BCUT2D eigenvalue weighted by Crippen LogP contribution is -2.35. The first kappa shape index (κ1) is 10.5. The first-order valence-electron chi connectivity index (χ1n) is 4.61. The van der Waals surface area contributed by atoms with Crippen molar-refractivity contribution >= 4 is 5.96 Å². The van der Waals surface area contributed by atoms with E-state index < -0.39 is 0 Å². The minimum atomic E-state index is 0.0199. The van der Waals surface area contributed by atoms with Crippen LogP contribution in [0.3, 0.4) is 0 Å². The summed E-state index contributed by atoms with van der Waals surface area (Å²) in [6.07, 6.45) is 0. The Labute approximate surface area is 84.0 Å². The summed E-state index contributed by atoms with van der Waals surface area (Å²) in [7, 11) is 0. The van der Waals surface area contributed by atoms with Gasteiger partial charge in [0.2, 0.25) is 0 Å². The SMILES string of the molecule is N=C(N)NCCNCc1ccccc1. The van der Waals surface area contributed by atoms with Crippen LogP contribution in [0.1, 0.15) is 5.56 Å². The van der Waals surface area contributed by atoms with Crippen molar-refractivity contribution in [3.8, 4) is 0 Å². The first-order chi connectivity index (χ1) is 6.79. The fourth-order valence-electron chi connectivity index (χ4n) is 1.11. The van der Waals surface area contributed by atoms with E-state index in [1.54, 1.807) is 0 Å². The number of rotatable bonds is 5. The Bertz CT molecular complexity index is 271. The molecule has 0 atom stereocenters. The van der Waals surface area contributed by atoms with E-state index in [1.807, 2.05) is 18.2 Å². The van der Waals surface area contributed by atoms with Gasteiger partial charge in [-0.15, -0.1) is 0 Å². The predicted octanol–water partition coefficient (Wildman–Crippen LogP) is 0.259. The summed E-state index contributed by atoms with van der Waals surface area (Å²) < 4.78 is 0. The highest BCUT2D eigenvalue weighted by atomic mass is 15.1. The standard InChI is InChI=1S/C10H16N4/c11-10(12)14-7-6-13-8-9-4-2-1-3-5-9/h1-5,13H,6-8H2,(H4,11,12,14). The molecule has 0 saturated heterocycles. The van der Waals surface area contributed by atoms with E-state index in [0.717, 1.165) is 13.1 Å². The van der Waals surface area contributed by atoms with Gasteiger partial charge in [-0.25, -0.2) is 0 Å². The van der Waals surface area contributed by atoms with Crippen LogP contribution >= 0.6 is 0 Å². The molecular formula is C10H16N4. The van der Waals surface area contributed by atoms with Crippen molar-refractivity contribution in [2.75, 3.05) is 13.1 Å². The second-order valence-corrected chi connectivity index (χ2v) is 3.00. The van der Waals surface area contributed by atoms with E-state index in [1.165, 1.54) is 5.56 Å². The van der Waals surface area contributed by atoms with Gasteiger partial charge in [0.15, 0.2) is 5.96 Å². The molecule has 0 unspecified atom stereocenters. The molecule has 0 heterocycles. The Hall–Kier alpha value is -1.55. The molecule has 0 spiro atoms. The van der Waals surface area contributed by atoms with Crippen LogP contribution in [0.4, 0.5) is 0 Å². The van der Waals surface area contributed by atoms with Crippen LogP contribution < -0.4 is 16.4 Å². The molecule has 0 saturated carbocycles. The highest BCUT2D eigenvalue weighted by Gasteiger charge is 1.90. The fraction of sp³-hybridized carbons (Fsp3) is 0.300. The molecule has 4 nitrogen and oxygen atoms in total. The third-order valence-corrected chi connectivity index (χ3v) is 1.79. The van der Waals surface area contributed by atoms with Gasteiger partial charge < -0.3 is 16.4 Å². The third kappa shape index (κ3) is 4.47. The van der Waals surface area contributed by atoms with Gasteiger partial charge >= 0.3 is 0 Å². The summed E-state index contributed by atoms with van der Waals surface area (Å²) >= 11 is 0. The van der Waals surface area contributed by atoms with Crippen LogP contribution in [0, 0.1) is 5.41 Å². The Kier molecular flexibility index (Phi) is 4.50. The summed E-state index contributed by atoms with van der Waals surface area (Å²) in [5, 5.41) is 12.9. The van der Waals surface area contributed by atoms with E-state index in [-0.39, 0.29) is 5.96 Å². The normalized spacial score (nSPS) is 9.71. The van der Waals surface area contributed by atoms with E-state index in [4.69, 9.17) is 11.1 Å². The second-order valence-electron chi connectivity index (χ2n) is 3.00. The smallest absolute Gasteiger partial charge is 0.185 e. The van der Waals surface area contributed by atoms with Gasteiger partial charge in [0.05, 0.1) is 0 Å². The van der Waals surface area contributed by atoms with Crippen molar-refractivity contribution in [2.24, 2.45) is 5.73 Å². The van der Waals surface area contributed by atoms with E-state index in [0.29, 0.717) is 6.54 Å². The van der Waals surface area contributed by atoms with Gasteiger partial charge in [0.1, 0.15) is 0 Å². The van der Waals surface area contributed by atoms with Gasteiger partial charge in [0, 0.05) is 19.6 Å². The minimum Gasteiger partial charge on any atom is -0.370 e. The molecule has 1 rings (SSSR count). The van der Waals surface area contributed by atoms with E-state index >= 15 is 0 Å². The third-order valence-electron chi connectivity index (χ3n) is 1.79. The molecule has 76 valence electrons. The molecule has 5 N–H and O–H groups in total. The molecule has 0 aromatic heterocycles. The topological polar surface area (TPSA) is 73.9 Å². The minimum absolute atomic E-state index is 0.0199. The molecule has 0 fully saturated rings. The molecular weight excluding hydrogens is 176 g/mol. The summed E-state index contributed by atoms with van der Waals surface area (Å²) in [5.74, 6) is 0.0199. The van der Waals surface area contributed by atoms with Crippen molar-refractivity contribution in [2.45, 2.75) is 6.54 Å². The van der Waals surface area contributed by atoms with Crippen molar-refractivity contribution in [1.82, 2.24) is 10.6 Å². The van der Waals surface area contributed by atoms with Crippen molar-refractivity contribution < 1.29 is 0 Å². The first-order valence-corrected chi connectivity index (χ1v) is 4.61. The molecule has 14 heavy (non-hydrogen) atoms. The Morgan fingerprint density at radius 1 is 1.21 bits per heavy atom. The lowest BCUT2D eigenvalue weighted by Gasteiger charge is -2.05. The molecule has 0 amide bonds. The summed E-state index contributed by atoms with van der Waals surface area (Å²) in [5.41, 5.74) is 6.39. The van der Waals surface area contributed by atoms with Crippen LogP contribution in [-0.2, 0) is 6.54 Å². The molecule has 0 aliphatic rings. The summed E-state index contributed by atoms with van der Waals surface area (Å²) in [6.45, 7) is 2.33. The lowest BCUT2D eigenvalue weighted by molar-refractivity contribution is 0.670. The zero-order valence-electron chi connectivity index (χ0n) is 8.09. The molecule has 1 aromatic carbocycles. The van der Waals surface area contributed by atoms with Gasteiger partial charge in [-0.1, -0.05) is 30.3 Å². The van der Waals surface area contributed by atoms with Crippen LogP contribution in [0.25, 0.3) is 0 Å². The number of nitrogens with two attached hydrogens (primary N) is 1. The highest BCUT2D eigenvalue weighted by Crippen LogP contribution is 1.96. The van der Waals surface area contributed by atoms with Gasteiger partial charge in [-0.2, -0.15) is 0 Å². The fourth-order valence-corrected chi connectivity index (χ4v) is 1.11. The zero-order chi connectivity index (χ0) is 10.2. The monoisotopic (exact) mass is 192 g/mol. The Balaban J connectivity index is 2.08. The Morgan fingerprint density at radius 2 is 1.93 bits per heavy atom. The van der Waals surface area contributed by atoms with Gasteiger partial charge in [0.25, 0.3) is 0 Å². The summed E-state index contributed by atoms with van der Waals surface area (Å²) in [4.78, 5) is 0. The van der Waals surface area contributed by atoms with Gasteiger partial charge in [-0.05, 0) is 5.56 Å². The quantitative estimate of drug-likeness (QED) is 0.307. The maximum atomic E-state index is 6.93. The van der Waals surface area contributed by atoms with Crippen LogP contribution in [0.15, 0.2) is 30.3 Å². The predicted molar refractivity (Wildman–Crippen MR) is 58.1 cm³/mol. The molecule has 0 bridgehead atoms. The van der Waals surface area contributed by atoms with E-state index in [9.17, 15) is 0 Å². The van der Waals surface area contributed by atoms with Crippen molar-refractivity contribution in [1.29, 1.82) is 5.41 Å². The zero-order valence-corrected chi connectivity index (χ0v) is 8.09. The molecule has 0 aliphatic heterocycles.